The quantitative estimate of drug-likeness (QED) is 0.405. The van der Waals surface area contributed by atoms with Crippen molar-refractivity contribution in [2.24, 2.45) is 11.7 Å². The number of nitrogens with two attached hydrogens (primary N) is 1. The van der Waals surface area contributed by atoms with Crippen LogP contribution < -0.4 is 16.4 Å². The number of aromatic nitrogens is 2. The number of hydrogen-bond acceptors (Lipinski definition) is 5. The summed E-state index contributed by atoms with van der Waals surface area (Å²) in [5.41, 5.74) is 6.57. The Kier molecular flexibility index (Phi) is 7.37. The average molecular weight is 339 g/mol. The summed E-state index contributed by atoms with van der Waals surface area (Å²) in [6, 6.07) is -2.74. The van der Waals surface area contributed by atoms with Gasteiger partial charge < -0.3 is 26.5 Å². The lowest BCUT2D eigenvalue weighted by molar-refractivity contribution is -0.142. The monoisotopic (exact) mass is 339 g/mol. The van der Waals surface area contributed by atoms with E-state index in [1.54, 1.807) is 13.1 Å². The number of carboxylic acids is 1. The molecule has 0 aliphatic heterocycles. The summed E-state index contributed by atoms with van der Waals surface area (Å²) in [5, 5.41) is 13.9. The predicted octanol–water partition coefficient (Wildman–Crippen LogP) is -0.600. The van der Waals surface area contributed by atoms with Gasteiger partial charge in [0.1, 0.15) is 12.1 Å². The molecular weight excluding hydrogens is 314 g/mol. The number of carboxylic acid groups (broad SMARTS) is 1. The number of hydrogen-bond donors (Lipinski definition) is 5. The Morgan fingerprint density at radius 3 is 2.46 bits per heavy atom. The molecule has 0 aliphatic carbocycles. The molecule has 4 atom stereocenters. The van der Waals surface area contributed by atoms with Crippen LogP contribution in [0.1, 0.15) is 32.9 Å². The highest BCUT2D eigenvalue weighted by molar-refractivity contribution is 5.91. The van der Waals surface area contributed by atoms with Gasteiger partial charge in [0.2, 0.25) is 11.8 Å². The largest absolute Gasteiger partial charge is 0.480 e. The molecule has 24 heavy (non-hydrogen) atoms. The predicted molar refractivity (Wildman–Crippen MR) is 86.9 cm³/mol. The van der Waals surface area contributed by atoms with Gasteiger partial charge >= 0.3 is 5.97 Å². The molecule has 134 valence electrons. The zero-order chi connectivity index (χ0) is 18.3. The summed E-state index contributed by atoms with van der Waals surface area (Å²) in [4.78, 5) is 42.1. The molecule has 0 aromatic carbocycles. The van der Waals surface area contributed by atoms with Gasteiger partial charge in [-0.3, -0.25) is 14.4 Å². The van der Waals surface area contributed by atoms with Crippen LogP contribution in [-0.4, -0.2) is 51.0 Å². The summed E-state index contributed by atoms with van der Waals surface area (Å²) in [6.07, 6.45) is 3.95. The highest BCUT2D eigenvalue weighted by Gasteiger charge is 2.29. The van der Waals surface area contributed by atoms with Crippen molar-refractivity contribution in [3.63, 3.8) is 0 Å². The number of amides is 2. The standard InChI is InChI=1S/C15H25N5O4/c1-4-8(2)12(14(22)19-9(3)15(23)24)20-13(21)11(16)5-10-6-17-7-18-10/h6-9,11-12H,4-5,16H2,1-3H3,(H,17,18)(H,19,22)(H,20,21)(H,23,24). The Balaban J connectivity index is 2.72. The molecule has 2 amide bonds. The van der Waals surface area contributed by atoms with Crippen LogP contribution in [0.5, 0.6) is 0 Å². The first-order chi connectivity index (χ1) is 11.3. The Morgan fingerprint density at radius 2 is 1.96 bits per heavy atom. The van der Waals surface area contributed by atoms with Crippen LogP contribution in [0, 0.1) is 5.92 Å². The van der Waals surface area contributed by atoms with Gasteiger partial charge in [0.05, 0.1) is 12.4 Å². The Morgan fingerprint density at radius 1 is 1.29 bits per heavy atom. The maximum atomic E-state index is 12.3. The molecule has 0 spiro atoms. The lowest BCUT2D eigenvalue weighted by atomic mass is 9.97. The number of carbonyl (C=O) groups excluding carboxylic acids is 2. The zero-order valence-corrected chi connectivity index (χ0v) is 14.1. The maximum absolute atomic E-state index is 12.3. The van der Waals surface area contributed by atoms with Crippen LogP contribution in [0.3, 0.4) is 0 Å². The molecule has 9 heteroatoms. The summed E-state index contributed by atoms with van der Waals surface area (Å²) < 4.78 is 0. The van der Waals surface area contributed by atoms with Crippen molar-refractivity contribution in [1.29, 1.82) is 0 Å². The molecule has 9 nitrogen and oxygen atoms in total. The molecule has 1 aromatic heterocycles. The van der Waals surface area contributed by atoms with E-state index in [0.29, 0.717) is 12.1 Å². The van der Waals surface area contributed by atoms with E-state index in [0.717, 1.165) is 0 Å². The fourth-order valence-electron chi connectivity index (χ4n) is 2.05. The molecule has 0 aliphatic rings. The maximum Gasteiger partial charge on any atom is 0.325 e. The van der Waals surface area contributed by atoms with Gasteiger partial charge in [0, 0.05) is 18.3 Å². The van der Waals surface area contributed by atoms with Gasteiger partial charge in [-0.05, 0) is 12.8 Å². The number of aromatic amines is 1. The molecule has 1 rings (SSSR count). The Hall–Kier alpha value is -2.42. The van der Waals surface area contributed by atoms with Crippen molar-refractivity contribution >= 4 is 17.8 Å². The second kappa shape index (κ2) is 9.02. The number of nitrogens with zero attached hydrogens (tertiary/aromatic N) is 1. The van der Waals surface area contributed by atoms with Gasteiger partial charge in [0.15, 0.2) is 0 Å². The first-order valence-corrected chi connectivity index (χ1v) is 7.82. The SMILES string of the molecule is CCC(C)C(NC(=O)C(N)Cc1cnc[nH]1)C(=O)NC(C)C(=O)O. The summed E-state index contributed by atoms with van der Waals surface area (Å²) in [7, 11) is 0. The fraction of sp³-hybridized carbons (Fsp3) is 0.600. The molecule has 0 radical (unpaired) electrons. The van der Waals surface area contributed by atoms with Gasteiger partial charge in [-0.2, -0.15) is 0 Å². The van der Waals surface area contributed by atoms with Crippen molar-refractivity contribution in [3.8, 4) is 0 Å². The number of imidazole rings is 1. The lowest BCUT2D eigenvalue weighted by Gasteiger charge is -2.25. The van der Waals surface area contributed by atoms with E-state index < -0.39 is 35.9 Å². The van der Waals surface area contributed by atoms with Gasteiger partial charge in [0.25, 0.3) is 0 Å². The third kappa shape index (κ3) is 5.65. The number of nitrogens with one attached hydrogen (secondary N) is 3. The molecule has 0 saturated heterocycles. The average Bonchev–Trinajstić information content (AvgIpc) is 3.03. The second-order valence-electron chi connectivity index (χ2n) is 5.83. The molecule has 0 fully saturated rings. The van der Waals surface area contributed by atoms with Gasteiger partial charge in [-0.25, -0.2) is 4.98 Å². The highest BCUT2D eigenvalue weighted by Crippen LogP contribution is 2.09. The third-order valence-electron chi connectivity index (χ3n) is 3.85. The van der Waals surface area contributed by atoms with E-state index in [9.17, 15) is 14.4 Å². The smallest absolute Gasteiger partial charge is 0.325 e. The molecule has 1 aromatic rings. The normalized spacial score (nSPS) is 15.8. The van der Waals surface area contributed by atoms with Gasteiger partial charge in [-0.15, -0.1) is 0 Å². The van der Waals surface area contributed by atoms with E-state index in [-0.39, 0.29) is 12.3 Å². The van der Waals surface area contributed by atoms with E-state index in [1.807, 2.05) is 6.92 Å². The van der Waals surface area contributed by atoms with Crippen LogP contribution in [0.2, 0.25) is 0 Å². The topological polar surface area (TPSA) is 150 Å². The van der Waals surface area contributed by atoms with Crippen molar-refractivity contribution in [3.05, 3.63) is 18.2 Å². The molecule has 6 N–H and O–H groups in total. The van der Waals surface area contributed by atoms with Crippen LogP contribution in [-0.2, 0) is 20.8 Å². The number of carbonyl (C=O) groups is 3. The lowest BCUT2D eigenvalue weighted by Crippen LogP contribution is -2.56. The Bertz CT molecular complexity index is 560. The number of rotatable bonds is 9. The number of aliphatic carboxylic acids is 1. The van der Waals surface area contributed by atoms with Crippen molar-refractivity contribution in [2.45, 2.75) is 51.7 Å². The summed E-state index contributed by atoms with van der Waals surface area (Å²) in [6.45, 7) is 5.04. The van der Waals surface area contributed by atoms with Crippen molar-refractivity contribution in [2.75, 3.05) is 0 Å². The summed E-state index contributed by atoms with van der Waals surface area (Å²) >= 11 is 0. The fourth-order valence-corrected chi connectivity index (χ4v) is 2.05. The summed E-state index contributed by atoms with van der Waals surface area (Å²) in [5.74, 6) is -2.34. The van der Waals surface area contributed by atoms with Crippen LogP contribution in [0.25, 0.3) is 0 Å². The van der Waals surface area contributed by atoms with Crippen molar-refractivity contribution < 1.29 is 19.5 Å². The minimum atomic E-state index is -1.14. The second-order valence-corrected chi connectivity index (χ2v) is 5.83. The Labute approximate surface area is 140 Å². The minimum Gasteiger partial charge on any atom is -0.480 e. The molecule has 4 unspecified atom stereocenters. The first kappa shape index (κ1) is 19.6. The van der Waals surface area contributed by atoms with E-state index >= 15 is 0 Å². The van der Waals surface area contributed by atoms with E-state index in [2.05, 4.69) is 20.6 Å². The molecule has 0 saturated carbocycles. The minimum absolute atomic E-state index is 0.172. The van der Waals surface area contributed by atoms with Crippen LogP contribution in [0.4, 0.5) is 0 Å². The van der Waals surface area contributed by atoms with Gasteiger partial charge in [-0.1, -0.05) is 20.3 Å². The van der Waals surface area contributed by atoms with Crippen molar-refractivity contribution in [1.82, 2.24) is 20.6 Å². The van der Waals surface area contributed by atoms with Crippen LogP contribution in [0.15, 0.2) is 12.5 Å². The zero-order valence-electron chi connectivity index (χ0n) is 14.1. The first-order valence-electron chi connectivity index (χ1n) is 7.82. The molecular formula is C15H25N5O4. The highest BCUT2D eigenvalue weighted by atomic mass is 16.4. The molecule has 0 bridgehead atoms. The third-order valence-corrected chi connectivity index (χ3v) is 3.85. The molecule has 1 heterocycles. The number of H-pyrrole nitrogens is 1. The van der Waals surface area contributed by atoms with Crippen LogP contribution >= 0.6 is 0 Å². The van der Waals surface area contributed by atoms with E-state index in [4.69, 9.17) is 10.8 Å². The van der Waals surface area contributed by atoms with E-state index in [1.165, 1.54) is 13.3 Å².